The summed E-state index contributed by atoms with van der Waals surface area (Å²) in [6, 6.07) is 6.06. The van der Waals surface area contributed by atoms with Crippen LogP contribution in [0.3, 0.4) is 0 Å². The van der Waals surface area contributed by atoms with E-state index in [0.29, 0.717) is 25.5 Å². The first-order valence-corrected chi connectivity index (χ1v) is 9.20. The molecule has 126 valence electrons. The molecule has 9 heteroatoms. The summed E-state index contributed by atoms with van der Waals surface area (Å²) in [5.74, 6) is 0.870. The number of hydrogen-bond acceptors (Lipinski definition) is 5. The van der Waals surface area contributed by atoms with Crippen molar-refractivity contribution < 1.29 is 13.3 Å². The van der Waals surface area contributed by atoms with E-state index in [1.165, 1.54) is 12.1 Å². The van der Waals surface area contributed by atoms with Crippen molar-refractivity contribution in [3.05, 3.63) is 39.9 Å². The van der Waals surface area contributed by atoms with Gasteiger partial charge in [-0.1, -0.05) is 12.1 Å². The van der Waals surface area contributed by atoms with E-state index in [0.717, 1.165) is 5.56 Å². The number of benzene rings is 1. The van der Waals surface area contributed by atoms with Crippen molar-refractivity contribution in [2.24, 2.45) is 4.99 Å². The van der Waals surface area contributed by atoms with E-state index in [4.69, 9.17) is 0 Å². The van der Waals surface area contributed by atoms with Crippen molar-refractivity contribution in [1.29, 1.82) is 0 Å². The Labute approximate surface area is 135 Å². The molecule has 0 bridgehead atoms. The van der Waals surface area contributed by atoms with Crippen LogP contribution in [0.25, 0.3) is 0 Å². The van der Waals surface area contributed by atoms with Crippen LogP contribution in [0.5, 0.6) is 0 Å². The van der Waals surface area contributed by atoms with Gasteiger partial charge in [0.25, 0.3) is 5.69 Å². The maximum absolute atomic E-state index is 11.5. The zero-order valence-corrected chi connectivity index (χ0v) is 13.7. The second-order valence-corrected chi connectivity index (χ2v) is 7.59. The SMILES string of the molecule is CCNC(=NCc1ccc([N+](=O)[O-])cc1)NC1CCS(=O)(=O)C1. The summed E-state index contributed by atoms with van der Waals surface area (Å²) in [5, 5.41) is 16.8. The third kappa shape index (κ3) is 5.20. The van der Waals surface area contributed by atoms with Crippen molar-refractivity contribution in [2.45, 2.75) is 25.9 Å². The predicted octanol–water partition coefficient (Wildman–Crippen LogP) is 0.837. The summed E-state index contributed by atoms with van der Waals surface area (Å²) in [7, 11) is -2.95. The highest BCUT2D eigenvalue weighted by molar-refractivity contribution is 7.91. The Morgan fingerprint density at radius 1 is 1.39 bits per heavy atom. The van der Waals surface area contributed by atoms with E-state index in [2.05, 4.69) is 15.6 Å². The first kappa shape index (κ1) is 17.2. The fraction of sp³-hybridized carbons (Fsp3) is 0.500. The van der Waals surface area contributed by atoms with Crippen LogP contribution in [-0.2, 0) is 16.4 Å². The molecule has 23 heavy (non-hydrogen) atoms. The Kier molecular flexibility index (Phi) is 5.54. The van der Waals surface area contributed by atoms with Gasteiger partial charge in [0.1, 0.15) is 0 Å². The molecule has 1 fully saturated rings. The van der Waals surface area contributed by atoms with Gasteiger partial charge < -0.3 is 10.6 Å². The van der Waals surface area contributed by atoms with Gasteiger partial charge in [-0.2, -0.15) is 0 Å². The Morgan fingerprint density at radius 2 is 2.09 bits per heavy atom. The summed E-state index contributed by atoms with van der Waals surface area (Å²) < 4.78 is 23.0. The van der Waals surface area contributed by atoms with E-state index in [1.807, 2.05) is 6.92 Å². The van der Waals surface area contributed by atoms with E-state index in [-0.39, 0.29) is 23.2 Å². The quantitative estimate of drug-likeness (QED) is 0.355. The third-order valence-electron chi connectivity index (χ3n) is 3.48. The molecule has 1 heterocycles. The molecule has 1 unspecified atom stereocenters. The molecular formula is C14H20N4O4S. The number of sulfone groups is 1. The number of nitro benzene ring substituents is 1. The molecule has 0 amide bonds. The number of nitro groups is 1. The standard InChI is InChI=1S/C14H20N4O4S/c1-2-15-14(17-12-7-8-23(21,22)10-12)16-9-11-3-5-13(6-4-11)18(19)20/h3-6,12H,2,7-10H2,1H3,(H2,15,16,17). The van der Waals surface area contributed by atoms with Crippen LogP contribution in [0.1, 0.15) is 18.9 Å². The second-order valence-electron chi connectivity index (χ2n) is 5.36. The van der Waals surface area contributed by atoms with Crippen molar-refractivity contribution in [2.75, 3.05) is 18.1 Å². The number of non-ortho nitro benzene ring substituents is 1. The highest BCUT2D eigenvalue weighted by Gasteiger charge is 2.28. The molecule has 0 radical (unpaired) electrons. The highest BCUT2D eigenvalue weighted by atomic mass is 32.2. The maximum atomic E-state index is 11.5. The zero-order valence-electron chi connectivity index (χ0n) is 12.9. The second kappa shape index (κ2) is 7.40. The number of rotatable bonds is 5. The molecule has 1 atom stereocenters. The number of nitrogens with one attached hydrogen (secondary N) is 2. The number of nitrogens with zero attached hydrogens (tertiary/aromatic N) is 2. The highest BCUT2D eigenvalue weighted by Crippen LogP contribution is 2.13. The minimum Gasteiger partial charge on any atom is -0.357 e. The van der Waals surface area contributed by atoms with Crippen LogP contribution < -0.4 is 10.6 Å². The smallest absolute Gasteiger partial charge is 0.269 e. The molecule has 1 aliphatic rings. The van der Waals surface area contributed by atoms with Gasteiger partial charge in [-0.3, -0.25) is 10.1 Å². The average molecular weight is 340 g/mol. The Hall–Kier alpha value is -2.16. The van der Waals surface area contributed by atoms with E-state index in [9.17, 15) is 18.5 Å². The number of aliphatic imine (C=N–C) groups is 1. The molecule has 8 nitrogen and oxygen atoms in total. The monoisotopic (exact) mass is 340 g/mol. The molecule has 1 aromatic carbocycles. The molecule has 1 aromatic rings. The fourth-order valence-electron chi connectivity index (χ4n) is 2.32. The van der Waals surface area contributed by atoms with Crippen molar-refractivity contribution in [3.63, 3.8) is 0 Å². The van der Waals surface area contributed by atoms with Gasteiger partial charge in [0, 0.05) is 24.7 Å². The first-order chi connectivity index (χ1) is 10.9. The van der Waals surface area contributed by atoms with Gasteiger partial charge in [0.15, 0.2) is 15.8 Å². The molecule has 2 rings (SSSR count). The lowest BCUT2D eigenvalue weighted by Crippen LogP contribution is -2.44. The van der Waals surface area contributed by atoms with Crippen LogP contribution >= 0.6 is 0 Å². The summed E-state index contributed by atoms with van der Waals surface area (Å²) in [4.78, 5) is 14.6. The van der Waals surface area contributed by atoms with Gasteiger partial charge in [0.05, 0.1) is 23.0 Å². The minimum atomic E-state index is -2.95. The Morgan fingerprint density at radius 3 is 2.61 bits per heavy atom. The number of guanidine groups is 1. The molecule has 0 spiro atoms. The third-order valence-corrected chi connectivity index (χ3v) is 5.25. The normalized spacial score (nSPS) is 20.2. The summed E-state index contributed by atoms with van der Waals surface area (Å²) in [6.45, 7) is 2.94. The lowest BCUT2D eigenvalue weighted by Gasteiger charge is -2.15. The van der Waals surface area contributed by atoms with Gasteiger partial charge >= 0.3 is 0 Å². The minimum absolute atomic E-state index is 0.0407. The average Bonchev–Trinajstić information content (AvgIpc) is 2.84. The predicted molar refractivity (Wildman–Crippen MR) is 88.1 cm³/mol. The summed E-state index contributed by atoms with van der Waals surface area (Å²) in [5.41, 5.74) is 0.880. The lowest BCUT2D eigenvalue weighted by atomic mass is 10.2. The van der Waals surface area contributed by atoms with Crippen LogP contribution in [0.4, 0.5) is 5.69 Å². The summed E-state index contributed by atoms with van der Waals surface area (Å²) in [6.07, 6.45) is 0.574. The van der Waals surface area contributed by atoms with Crippen LogP contribution in [0, 0.1) is 10.1 Å². The topological polar surface area (TPSA) is 114 Å². The molecular weight excluding hydrogens is 320 g/mol. The van der Waals surface area contributed by atoms with Gasteiger partial charge in [-0.05, 0) is 18.9 Å². The van der Waals surface area contributed by atoms with Gasteiger partial charge in [-0.15, -0.1) is 0 Å². The van der Waals surface area contributed by atoms with Gasteiger partial charge in [-0.25, -0.2) is 13.4 Å². The van der Waals surface area contributed by atoms with Crippen LogP contribution in [0.2, 0.25) is 0 Å². The Balaban J connectivity index is 1.99. The molecule has 0 aromatic heterocycles. The first-order valence-electron chi connectivity index (χ1n) is 7.38. The van der Waals surface area contributed by atoms with Crippen LogP contribution in [-0.4, -0.2) is 43.4 Å². The zero-order chi connectivity index (χ0) is 16.9. The maximum Gasteiger partial charge on any atom is 0.269 e. The fourth-order valence-corrected chi connectivity index (χ4v) is 3.99. The molecule has 0 aliphatic carbocycles. The van der Waals surface area contributed by atoms with Gasteiger partial charge in [0.2, 0.25) is 0 Å². The molecule has 0 saturated carbocycles. The molecule has 1 aliphatic heterocycles. The largest absolute Gasteiger partial charge is 0.357 e. The van der Waals surface area contributed by atoms with Crippen molar-refractivity contribution in [1.82, 2.24) is 10.6 Å². The lowest BCUT2D eigenvalue weighted by molar-refractivity contribution is -0.384. The van der Waals surface area contributed by atoms with Crippen molar-refractivity contribution >= 4 is 21.5 Å². The number of hydrogen-bond donors (Lipinski definition) is 2. The van der Waals surface area contributed by atoms with E-state index < -0.39 is 14.8 Å². The molecule has 1 saturated heterocycles. The molecule has 2 N–H and O–H groups in total. The Bertz CT molecular complexity index is 685. The van der Waals surface area contributed by atoms with E-state index in [1.54, 1.807) is 12.1 Å². The van der Waals surface area contributed by atoms with Crippen LogP contribution in [0.15, 0.2) is 29.3 Å². The van der Waals surface area contributed by atoms with Crippen molar-refractivity contribution in [3.8, 4) is 0 Å². The summed E-state index contributed by atoms with van der Waals surface area (Å²) >= 11 is 0. The van der Waals surface area contributed by atoms with E-state index >= 15 is 0 Å².